The monoisotopic (exact) mass is 359 g/mol. The normalized spacial score (nSPS) is 20.6. The van der Waals surface area contributed by atoms with Crippen molar-refractivity contribution in [2.75, 3.05) is 29.4 Å². The number of amides is 1. The molecular weight excluding hydrogens is 341 g/mol. The Morgan fingerprint density at radius 2 is 2.04 bits per heavy atom. The summed E-state index contributed by atoms with van der Waals surface area (Å²) in [5.74, 6) is -0.208. The largest absolute Gasteiger partial charge is 0.442 e. The zero-order valence-corrected chi connectivity index (χ0v) is 14.0. The van der Waals surface area contributed by atoms with Crippen molar-refractivity contribution >= 4 is 23.3 Å². The van der Waals surface area contributed by atoms with Crippen LogP contribution < -0.4 is 9.80 Å². The molecule has 26 heavy (non-hydrogen) atoms. The number of rotatable bonds is 4. The molecule has 1 aromatic heterocycles. The van der Waals surface area contributed by atoms with E-state index < -0.39 is 11.9 Å². The minimum Gasteiger partial charge on any atom is -0.442 e. The molecule has 0 N–H and O–H groups in total. The predicted octanol–water partition coefficient (Wildman–Crippen LogP) is 1.61. The quantitative estimate of drug-likeness (QED) is 0.825. The highest BCUT2D eigenvalue weighted by atomic mass is 19.1. The number of Topliss-reactive ketones (excluding diaryl/α,β-unsaturated/α-hetero) is 1. The average molecular weight is 359 g/mol. The van der Waals surface area contributed by atoms with Crippen molar-refractivity contribution < 1.29 is 18.7 Å². The van der Waals surface area contributed by atoms with Crippen LogP contribution in [0.1, 0.15) is 12.8 Å². The highest BCUT2D eigenvalue weighted by Gasteiger charge is 2.33. The van der Waals surface area contributed by atoms with Gasteiger partial charge in [0.25, 0.3) is 0 Å². The first-order chi connectivity index (χ1) is 12.6. The third kappa shape index (κ3) is 3.24. The molecule has 1 amide bonds. The fraction of sp³-hybridized carbons (Fsp3) is 0.412. The van der Waals surface area contributed by atoms with Gasteiger partial charge in [0, 0.05) is 32.1 Å². The van der Waals surface area contributed by atoms with Crippen LogP contribution in [0.3, 0.4) is 0 Å². The van der Waals surface area contributed by atoms with Gasteiger partial charge in [0.1, 0.15) is 17.7 Å². The lowest BCUT2D eigenvalue weighted by Gasteiger charge is -2.28. The van der Waals surface area contributed by atoms with Gasteiger partial charge in [0.05, 0.1) is 30.7 Å². The van der Waals surface area contributed by atoms with E-state index >= 15 is 0 Å². The van der Waals surface area contributed by atoms with E-state index in [0.29, 0.717) is 50.4 Å². The summed E-state index contributed by atoms with van der Waals surface area (Å²) in [6.07, 6.45) is 3.23. The summed E-state index contributed by atoms with van der Waals surface area (Å²) < 4.78 is 21.5. The molecule has 9 heteroatoms. The summed E-state index contributed by atoms with van der Waals surface area (Å²) in [6, 6.07) is 4.69. The summed E-state index contributed by atoms with van der Waals surface area (Å²) in [6.45, 7) is 1.74. The minimum atomic E-state index is -0.508. The second-order valence-electron chi connectivity index (χ2n) is 6.40. The number of carbonyl (C=O) groups is 2. The summed E-state index contributed by atoms with van der Waals surface area (Å²) in [5, 5.41) is 7.57. The van der Waals surface area contributed by atoms with E-state index in [1.807, 2.05) is 4.90 Å². The molecular formula is C17H18FN5O3. The number of piperidine rings is 1. The Bertz CT molecular complexity index is 816. The summed E-state index contributed by atoms with van der Waals surface area (Å²) in [5.41, 5.74) is 0.901. The maximum absolute atomic E-state index is 14.6. The Labute approximate surface area is 149 Å². The second-order valence-corrected chi connectivity index (χ2v) is 6.40. The number of carbonyl (C=O) groups excluding carboxylic acids is 2. The maximum atomic E-state index is 14.6. The summed E-state index contributed by atoms with van der Waals surface area (Å²) >= 11 is 0. The van der Waals surface area contributed by atoms with Gasteiger partial charge in [0.15, 0.2) is 0 Å². The van der Waals surface area contributed by atoms with Crippen molar-refractivity contribution in [3.05, 3.63) is 36.4 Å². The van der Waals surface area contributed by atoms with E-state index in [1.54, 1.807) is 29.2 Å². The molecule has 2 aromatic rings. The molecule has 4 rings (SSSR count). The molecule has 1 unspecified atom stereocenters. The van der Waals surface area contributed by atoms with Crippen molar-refractivity contribution in [1.82, 2.24) is 15.0 Å². The van der Waals surface area contributed by atoms with Crippen molar-refractivity contribution in [2.45, 2.75) is 25.5 Å². The molecule has 0 saturated carbocycles. The Kier molecular flexibility index (Phi) is 4.27. The van der Waals surface area contributed by atoms with Gasteiger partial charge in [-0.2, -0.15) is 0 Å². The molecule has 3 heterocycles. The third-order valence-electron chi connectivity index (χ3n) is 4.64. The molecule has 8 nitrogen and oxygen atoms in total. The average Bonchev–Trinajstić information content (AvgIpc) is 3.26. The van der Waals surface area contributed by atoms with Gasteiger partial charge in [-0.15, -0.1) is 5.10 Å². The fourth-order valence-corrected chi connectivity index (χ4v) is 3.28. The fourth-order valence-electron chi connectivity index (χ4n) is 3.28. The molecule has 0 radical (unpaired) electrons. The number of hydrogen-bond acceptors (Lipinski definition) is 6. The van der Waals surface area contributed by atoms with E-state index in [-0.39, 0.29) is 11.9 Å². The molecule has 1 atom stereocenters. The number of halogens is 1. The smallest absolute Gasteiger partial charge is 0.414 e. The van der Waals surface area contributed by atoms with E-state index in [1.165, 1.54) is 11.0 Å². The molecule has 1 aromatic carbocycles. The lowest BCUT2D eigenvalue weighted by atomic mass is 10.1. The Hall–Kier alpha value is -2.97. The second kappa shape index (κ2) is 6.74. The molecule has 136 valence electrons. The van der Waals surface area contributed by atoms with Gasteiger partial charge >= 0.3 is 6.09 Å². The Balaban J connectivity index is 1.47. The predicted molar refractivity (Wildman–Crippen MR) is 90.5 cm³/mol. The van der Waals surface area contributed by atoms with Crippen LogP contribution in [0.5, 0.6) is 0 Å². The molecule has 2 fully saturated rings. The lowest BCUT2D eigenvalue weighted by Crippen LogP contribution is -2.34. The van der Waals surface area contributed by atoms with E-state index in [2.05, 4.69) is 10.3 Å². The number of cyclic esters (lactones) is 1. The van der Waals surface area contributed by atoms with Crippen LogP contribution in [0, 0.1) is 5.82 Å². The van der Waals surface area contributed by atoms with Gasteiger partial charge in [-0.1, -0.05) is 5.21 Å². The van der Waals surface area contributed by atoms with Crippen LogP contribution in [-0.2, 0) is 16.1 Å². The van der Waals surface area contributed by atoms with E-state index in [9.17, 15) is 14.0 Å². The molecule has 0 spiro atoms. The number of ether oxygens (including phenoxy) is 1. The number of hydrogen-bond donors (Lipinski definition) is 0. The van der Waals surface area contributed by atoms with Crippen molar-refractivity contribution in [2.24, 2.45) is 0 Å². The topological polar surface area (TPSA) is 80.6 Å². The molecule has 2 saturated heterocycles. The van der Waals surface area contributed by atoms with Crippen LogP contribution in [0.4, 0.5) is 20.6 Å². The number of benzene rings is 1. The Morgan fingerprint density at radius 3 is 2.73 bits per heavy atom. The van der Waals surface area contributed by atoms with Crippen molar-refractivity contribution in [1.29, 1.82) is 0 Å². The Morgan fingerprint density at radius 1 is 1.23 bits per heavy atom. The van der Waals surface area contributed by atoms with Gasteiger partial charge in [-0.3, -0.25) is 9.69 Å². The van der Waals surface area contributed by atoms with Crippen molar-refractivity contribution in [3.63, 3.8) is 0 Å². The number of anilines is 2. The molecule has 0 aliphatic carbocycles. The van der Waals surface area contributed by atoms with Crippen LogP contribution >= 0.6 is 0 Å². The number of nitrogens with zero attached hydrogens (tertiary/aromatic N) is 5. The van der Waals surface area contributed by atoms with Crippen LogP contribution in [-0.4, -0.2) is 52.6 Å². The highest BCUT2D eigenvalue weighted by Crippen LogP contribution is 2.29. The summed E-state index contributed by atoms with van der Waals surface area (Å²) in [7, 11) is 0. The standard InChI is InChI=1S/C17H18FN5O3/c18-15-9-12(1-2-16(15)21-6-3-13(24)4-7-21)23-11-14(26-17(23)25)10-22-8-5-19-20-22/h1-2,5,8-9,14H,3-4,6-7,10-11H2. The van der Waals surface area contributed by atoms with Gasteiger partial charge in [-0.05, 0) is 18.2 Å². The lowest BCUT2D eigenvalue weighted by molar-refractivity contribution is -0.119. The maximum Gasteiger partial charge on any atom is 0.414 e. The van der Waals surface area contributed by atoms with Crippen LogP contribution in [0.25, 0.3) is 0 Å². The van der Waals surface area contributed by atoms with E-state index in [0.717, 1.165) is 0 Å². The number of ketones is 1. The SMILES string of the molecule is O=C1CCN(c2ccc(N3CC(Cn4ccnn4)OC3=O)cc2F)CC1. The van der Waals surface area contributed by atoms with Gasteiger partial charge < -0.3 is 9.64 Å². The van der Waals surface area contributed by atoms with Crippen molar-refractivity contribution in [3.8, 4) is 0 Å². The van der Waals surface area contributed by atoms with Gasteiger partial charge in [-0.25, -0.2) is 13.9 Å². The first-order valence-electron chi connectivity index (χ1n) is 8.48. The van der Waals surface area contributed by atoms with Crippen LogP contribution in [0.15, 0.2) is 30.6 Å². The third-order valence-corrected chi connectivity index (χ3v) is 4.64. The van der Waals surface area contributed by atoms with Gasteiger partial charge in [0.2, 0.25) is 0 Å². The highest BCUT2D eigenvalue weighted by molar-refractivity contribution is 5.90. The summed E-state index contributed by atoms with van der Waals surface area (Å²) in [4.78, 5) is 26.7. The minimum absolute atomic E-state index is 0.205. The zero-order chi connectivity index (χ0) is 18.1. The molecule has 2 aliphatic heterocycles. The number of aromatic nitrogens is 3. The van der Waals surface area contributed by atoms with E-state index in [4.69, 9.17) is 4.74 Å². The molecule has 2 aliphatic rings. The van der Waals surface area contributed by atoms with Crippen LogP contribution in [0.2, 0.25) is 0 Å². The first kappa shape index (κ1) is 16.5. The first-order valence-corrected chi connectivity index (χ1v) is 8.48. The molecule has 0 bridgehead atoms. The zero-order valence-electron chi connectivity index (χ0n) is 14.0.